The summed E-state index contributed by atoms with van der Waals surface area (Å²) in [6.45, 7) is 2.63. The second-order valence-electron chi connectivity index (χ2n) is 5.47. The van der Waals surface area contributed by atoms with E-state index in [4.69, 9.17) is 19.9 Å². The van der Waals surface area contributed by atoms with E-state index in [-0.39, 0.29) is 12.4 Å². The first-order chi connectivity index (χ1) is 11.9. The van der Waals surface area contributed by atoms with Crippen molar-refractivity contribution in [2.75, 3.05) is 12.3 Å². The molecule has 1 saturated heterocycles. The van der Waals surface area contributed by atoms with Gasteiger partial charge in [-0.3, -0.25) is 14.2 Å². The molecule has 2 N–H and O–H groups in total. The second kappa shape index (κ2) is 6.92. The van der Waals surface area contributed by atoms with E-state index >= 15 is 0 Å². The average Bonchev–Trinajstić information content (AvgIpc) is 3.09. The van der Waals surface area contributed by atoms with Crippen LogP contribution in [0.15, 0.2) is 12.7 Å². The maximum Gasteiger partial charge on any atom is 0.303 e. The summed E-state index contributed by atoms with van der Waals surface area (Å²) >= 11 is 3.47. The summed E-state index contributed by atoms with van der Waals surface area (Å²) in [5.41, 5.74) is 6.66. The number of fused-ring (bicyclic) bond motifs is 1. The highest BCUT2D eigenvalue weighted by Crippen LogP contribution is 2.37. The maximum absolute atomic E-state index is 11.5. The summed E-state index contributed by atoms with van der Waals surface area (Å²) in [5, 5.41) is 0. The summed E-state index contributed by atoms with van der Waals surface area (Å²) < 4.78 is 18.0. The molecular weight excluding hydrogens is 398 g/mol. The van der Waals surface area contributed by atoms with E-state index in [1.165, 1.54) is 26.5 Å². The number of halogens is 1. The van der Waals surface area contributed by atoms with Crippen LogP contribution in [-0.2, 0) is 23.8 Å². The van der Waals surface area contributed by atoms with Crippen molar-refractivity contribution >= 4 is 44.9 Å². The van der Waals surface area contributed by atoms with Gasteiger partial charge in [-0.2, -0.15) is 0 Å². The topological polar surface area (TPSA) is 131 Å². The van der Waals surface area contributed by atoms with Gasteiger partial charge in [-0.25, -0.2) is 15.0 Å². The number of carbonyl (C=O) groups excluding carboxylic acids is 2. The zero-order valence-corrected chi connectivity index (χ0v) is 15.0. The molecule has 0 spiro atoms. The number of esters is 2. The molecule has 0 aromatic carbocycles. The van der Waals surface area contributed by atoms with Crippen LogP contribution in [0.1, 0.15) is 20.1 Å². The number of carbonyl (C=O) groups is 2. The van der Waals surface area contributed by atoms with E-state index in [2.05, 4.69) is 30.9 Å². The molecule has 0 saturated carbocycles. The number of rotatable bonds is 4. The van der Waals surface area contributed by atoms with E-state index in [0.717, 1.165) is 0 Å². The van der Waals surface area contributed by atoms with Gasteiger partial charge in [0.05, 0.1) is 11.2 Å². The fourth-order valence-corrected chi connectivity index (χ4v) is 3.27. The molecule has 2 aromatic heterocycles. The van der Waals surface area contributed by atoms with Crippen LogP contribution in [0.25, 0.3) is 11.2 Å². The molecule has 0 amide bonds. The lowest BCUT2D eigenvalue weighted by molar-refractivity contribution is -0.152. The first kappa shape index (κ1) is 17.5. The first-order valence-corrected chi connectivity index (χ1v) is 8.33. The number of alkyl halides is 1. The Labute approximate surface area is 150 Å². The van der Waals surface area contributed by atoms with Crippen LogP contribution in [0.3, 0.4) is 0 Å². The highest BCUT2D eigenvalue weighted by molar-refractivity contribution is 9.09. The Hall–Kier alpha value is -2.27. The quantitative estimate of drug-likeness (QED) is 0.563. The zero-order chi connectivity index (χ0) is 18.1. The van der Waals surface area contributed by atoms with Gasteiger partial charge in [-0.05, 0) is 0 Å². The van der Waals surface area contributed by atoms with Crippen LogP contribution in [0.5, 0.6) is 0 Å². The van der Waals surface area contributed by atoms with Gasteiger partial charge in [-0.15, -0.1) is 0 Å². The number of nitrogens with zero attached hydrogens (tertiary/aromatic N) is 4. The second-order valence-corrected chi connectivity index (χ2v) is 6.53. The van der Waals surface area contributed by atoms with Gasteiger partial charge >= 0.3 is 11.9 Å². The van der Waals surface area contributed by atoms with Gasteiger partial charge in [-0.1, -0.05) is 15.9 Å². The van der Waals surface area contributed by atoms with E-state index < -0.39 is 35.2 Å². The molecule has 0 radical (unpaired) electrons. The molecule has 0 unspecified atom stereocenters. The summed E-state index contributed by atoms with van der Waals surface area (Å²) in [4.78, 5) is 34.4. The lowest BCUT2D eigenvalue weighted by atomic mass is 10.2. The average molecular weight is 414 g/mol. The minimum absolute atomic E-state index is 0.0171. The number of hydrogen-bond acceptors (Lipinski definition) is 9. The fraction of sp³-hybridized carbons (Fsp3) is 0.500. The molecule has 3 heterocycles. The summed E-state index contributed by atoms with van der Waals surface area (Å²) in [5.74, 6) is -0.656. The van der Waals surface area contributed by atoms with Crippen LogP contribution >= 0.6 is 15.9 Å². The molecule has 10 nitrogen and oxygen atoms in total. The largest absolute Gasteiger partial charge is 0.463 e. The Bertz CT molecular complexity index is 812. The maximum atomic E-state index is 11.5. The molecule has 134 valence electrons. The molecule has 25 heavy (non-hydrogen) atoms. The number of imidazole rings is 1. The van der Waals surface area contributed by atoms with Gasteiger partial charge in [0.1, 0.15) is 24.6 Å². The molecular formula is C14H16BrN5O5. The Kier molecular flexibility index (Phi) is 4.86. The third kappa shape index (κ3) is 3.42. The monoisotopic (exact) mass is 413 g/mol. The highest BCUT2D eigenvalue weighted by Gasteiger charge is 2.47. The van der Waals surface area contributed by atoms with Crippen molar-refractivity contribution in [3.8, 4) is 0 Å². The number of anilines is 1. The van der Waals surface area contributed by atoms with Gasteiger partial charge in [0.2, 0.25) is 0 Å². The number of aromatic nitrogens is 4. The SMILES string of the molecule is CC(=O)OC[C@H]1O[C@@H](n2cnc3c(N)ncnc32)[C@H](OC(C)=O)[C@H]1Br. The van der Waals surface area contributed by atoms with Crippen LogP contribution in [0, 0.1) is 0 Å². The number of ether oxygens (including phenoxy) is 3. The third-order valence-corrected chi connectivity index (χ3v) is 4.79. The predicted octanol–water partition coefficient (Wildman–Crippen LogP) is 0.564. The van der Waals surface area contributed by atoms with Crippen molar-refractivity contribution in [1.29, 1.82) is 0 Å². The van der Waals surface area contributed by atoms with Crippen LogP contribution < -0.4 is 5.73 Å². The van der Waals surface area contributed by atoms with Gasteiger partial charge in [0.15, 0.2) is 23.8 Å². The lowest BCUT2D eigenvalue weighted by Crippen LogP contribution is -2.33. The molecule has 4 atom stereocenters. The third-order valence-electron chi connectivity index (χ3n) is 3.68. The van der Waals surface area contributed by atoms with Crippen molar-refractivity contribution in [3.05, 3.63) is 12.7 Å². The molecule has 11 heteroatoms. The molecule has 1 aliphatic rings. The molecule has 0 bridgehead atoms. The minimum Gasteiger partial charge on any atom is -0.463 e. The Morgan fingerprint density at radius 3 is 2.76 bits per heavy atom. The summed E-state index contributed by atoms with van der Waals surface area (Å²) in [6, 6.07) is 0. The number of hydrogen-bond donors (Lipinski definition) is 1. The van der Waals surface area contributed by atoms with Crippen molar-refractivity contribution in [2.45, 2.75) is 37.1 Å². The standard InChI is InChI=1S/C14H16BrN5O5/c1-6(21)23-3-8-9(15)11(24-7(2)22)14(25-8)20-5-19-10-12(16)17-4-18-13(10)20/h4-5,8-9,11,14H,3H2,1-2H3,(H2,16,17,18)/t8-,9+,11-,14-/m1/s1. The van der Waals surface area contributed by atoms with Gasteiger partial charge < -0.3 is 19.9 Å². The lowest BCUT2D eigenvalue weighted by Gasteiger charge is -2.21. The van der Waals surface area contributed by atoms with Crippen molar-refractivity contribution < 1.29 is 23.8 Å². The Balaban J connectivity index is 1.94. The summed E-state index contributed by atoms with van der Waals surface area (Å²) in [7, 11) is 0. The smallest absolute Gasteiger partial charge is 0.303 e. The van der Waals surface area contributed by atoms with Gasteiger partial charge in [0.25, 0.3) is 0 Å². The van der Waals surface area contributed by atoms with Crippen LogP contribution in [-0.4, -0.2) is 55.1 Å². The van der Waals surface area contributed by atoms with Crippen LogP contribution in [0.2, 0.25) is 0 Å². The van der Waals surface area contributed by atoms with Crippen molar-refractivity contribution in [3.63, 3.8) is 0 Å². The Morgan fingerprint density at radius 1 is 1.32 bits per heavy atom. The first-order valence-electron chi connectivity index (χ1n) is 7.41. The molecule has 2 aromatic rings. The zero-order valence-electron chi connectivity index (χ0n) is 13.5. The van der Waals surface area contributed by atoms with Gasteiger partial charge in [0, 0.05) is 13.8 Å². The van der Waals surface area contributed by atoms with E-state index in [0.29, 0.717) is 11.2 Å². The highest BCUT2D eigenvalue weighted by atomic mass is 79.9. The molecule has 1 aliphatic heterocycles. The Morgan fingerprint density at radius 2 is 2.08 bits per heavy atom. The molecule has 1 fully saturated rings. The number of nitrogens with two attached hydrogens (primary N) is 1. The molecule has 0 aliphatic carbocycles. The fourth-order valence-electron chi connectivity index (χ4n) is 2.63. The normalized spacial score (nSPS) is 25.9. The summed E-state index contributed by atoms with van der Waals surface area (Å²) in [6.07, 6.45) is 0.896. The molecule has 3 rings (SSSR count). The number of nitrogen functional groups attached to an aromatic ring is 1. The van der Waals surface area contributed by atoms with E-state index in [1.807, 2.05) is 0 Å². The van der Waals surface area contributed by atoms with E-state index in [1.54, 1.807) is 4.57 Å². The minimum atomic E-state index is -0.715. The van der Waals surface area contributed by atoms with E-state index in [9.17, 15) is 9.59 Å². The predicted molar refractivity (Wildman–Crippen MR) is 88.5 cm³/mol. The van der Waals surface area contributed by atoms with Crippen LogP contribution in [0.4, 0.5) is 5.82 Å². The van der Waals surface area contributed by atoms with Crippen molar-refractivity contribution in [1.82, 2.24) is 19.5 Å². The van der Waals surface area contributed by atoms with Crippen molar-refractivity contribution in [2.24, 2.45) is 0 Å².